The van der Waals surface area contributed by atoms with Gasteiger partial charge in [-0.1, -0.05) is 48.5 Å². The van der Waals surface area contributed by atoms with Crippen molar-refractivity contribution in [2.75, 3.05) is 11.9 Å². The number of rotatable bonds is 2. The summed E-state index contributed by atoms with van der Waals surface area (Å²) < 4.78 is 4.77. The van der Waals surface area contributed by atoms with Gasteiger partial charge in [0.05, 0.1) is 33.0 Å². The van der Waals surface area contributed by atoms with Gasteiger partial charge in [0.1, 0.15) is 7.05 Å². The van der Waals surface area contributed by atoms with Gasteiger partial charge in [0, 0.05) is 29.6 Å². The predicted molar refractivity (Wildman–Crippen MR) is 139 cm³/mol. The molecule has 0 spiro atoms. The van der Waals surface area contributed by atoms with Gasteiger partial charge in [-0.15, -0.1) is 0 Å². The van der Waals surface area contributed by atoms with Crippen molar-refractivity contribution < 1.29 is 4.57 Å². The molecule has 0 aliphatic rings. The lowest BCUT2D eigenvalue weighted by molar-refractivity contribution is -0.643. The zero-order chi connectivity index (χ0) is 22.3. The summed E-state index contributed by atoms with van der Waals surface area (Å²) in [5.74, 6) is 0. The maximum absolute atomic E-state index is 2.49. The Hall–Kier alpha value is -4.11. The van der Waals surface area contributed by atoms with Crippen molar-refractivity contribution in [2.24, 2.45) is 7.05 Å². The number of aryl methyl sites for hydroxylation is 2. The molecule has 0 amide bonds. The minimum Gasteiger partial charge on any atom is -0.344 e. The number of nitrogens with zero attached hydrogens (tertiary/aromatic N) is 3. The molecular weight excluding hydrogens is 402 g/mol. The van der Waals surface area contributed by atoms with E-state index in [0.717, 1.165) is 0 Å². The summed E-state index contributed by atoms with van der Waals surface area (Å²) in [6.45, 7) is 2.24. The second kappa shape index (κ2) is 6.46. The number of anilines is 2. The lowest BCUT2D eigenvalue weighted by Gasteiger charge is -2.20. The zero-order valence-electron chi connectivity index (χ0n) is 19.0. The van der Waals surface area contributed by atoms with Crippen LogP contribution in [0.2, 0.25) is 0 Å². The van der Waals surface area contributed by atoms with Crippen LogP contribution in [0.5, 0.6) is 0 Å². The topological polar surface area (TPSA) is 11.5 Å². The number of fused-ring (bicyclic) bond motifs is 5. The Morgan fingerprint density at radius 1 is 0.727 bits per heavy atom. The number of hydrogen-bond acceptors (Lipinski definition) is 1. The maximum Gasteiger partial charge on any atom is 0.224 e. The SMILES string of the molecule is Cc1ccc2c3c(N(C)c4ccccc4)cccc3n3c4cccc5cc[n+](C)c(c1c23)c54. The summed E-state index contributed by atoms with van der Waals surface area (Å²) in [5, 5.41) is 6.54. The van der Waals surface area contributed by atoms with Crippen LogP contribution in [-0.2, 0) is 7.05 Å². The summed E-state index contributed by atoms with van der Waals surface area (Å²) >= 11 is 0. The minimum atomic E-state index is 1.19. The standard InChI is InChI=1S/C30H24N3/c1-19-15-16-22-28-23(32(3)21-10-5-4-6-11-21)12-8-14-25(28)33-24-13-7-9-20-17-18-31(2)30(27(20)24)26(19)29(22)33/h4-18H,1-3H3/q+1. The summed E-state index contributed by atoms with van der Waals surface area (Å²) in [7, 11) is 4.33. The molecule has 33 heavy (non-hydrogen) atoms. The van der Waals surface area contributed by atoms with Crippen LogP contribution in [0, 0.1) is 6.92 Å². The van der Waals surface area contributed by atoms with Gasteiger partial charge < -0.3 is 9.30 Å². The first-order chi connectivity index (χ1) is 16.1. The number of aromatic nitrogens is 2. The van der Waals surface area contributed by atoms with E-state index >= 15 is 0 Å². The van der Waals surface area contributed by atoms with Crippen LogP contribution >= 0.6 is 0 Å². The minimum absolute atomic E-state index is 1.19. The lowest BCUT2D eigenvalue weighted by atomic mass is 9.99. The van der Waals surface area contributed by atoms with Crippen molar-refractivity contribution >= 4 is 60.4 Å². The molecule has 0 aliphatic heterocycles. The first kappa shape index (κ1) is 18.5. The second-order valence-electron chi connectivity index (χ2n) is 9.07. The molecule has 0 bridgehead atoms. The van der Waals surface area contributed by atoms with Crippen molar-refractivity contribution in [1.82, 2.24) is 4.40 Å². The third-order valence-electron chi connectivity index (χ3n) is 7.27. The van der Waals surface area contributed by atoms with Crippen LogP contribution in [0.4, 0.5) is 11.4 Å². The number of hydrogen-bond donors (Lipinski definition) is 0. The van der Waals surface area contributed by atoms with Crippen molar-refractivity contribution in [3.8, 4) is 0 Å². The normalized spacial score (nSPS) is 12.1. The van der Waals surface area contributed by atoms with Gasteiger partial charge in [0.25, 0.3) is 0 Å². The average molecular weight is 427 g/mol. The fraction of sp³-hybridized carbons (Fsp3) is 0.100. The van der Waals surface area contributed by atoms with E-state index < -0.39 is 0 Å². The summed E-state index contributed by atoms with van der Waals surface area (Å²) in [6, 6.07) is 30.8. The third kappa shape index (κ3) is 2.31. The van der Waals surface area contributed by atoms with Crippen LogP contribution in [0.15, 0.2) is 91.1 Å². The molecule has 0 radical (unpaired) electrons. The highest BCUT2D eigenvalue weighted by atomic mass is 15.1. The van der Waals surface area contributed by atoms with Crippen LogP contribution < -0.4 is 9.47 Å². The molecule has 0 saturated carbocycles. The number of benzene rings is 4. The summed E-state index contributed by atoms with van der Waals surface area (Å²) in [5.41, 5.74) is 8.84. The largest absolute Gasteiger partial charge is 0.344 e. The number of pyridine rings is 2. The van der Waals surface area contributed by atoms with Crippen LogP contribution in [0.3, 0.4) is 0 Å². The van der Waals surface area contributed by atoms with Crippen molar-refractivity contribution in [3.05, 3.63) is 96.7 Å². The smallest absolute Gasteiger partial charge is 0.224 e. The fourth-order valence-corrected chi connectivity index (χ4v) is 5.74. The molecule has 3 nitrogen and oxygen atoms in total. The van der Waals surface area contributed by atoms with E-state index in [0.29, 0.717) is 0 Å². The van der Waals surface area contributed by atoms with Gasteiger partial charge in [0.2, 0.25) is 5.52 Å². The second-order valence-corrected chi connectivity index (χ2v) is 9.07. The highest BCUT2D eigenvalue weighted by Gasteiger charge is 2.25. The monoisotopic (exact) mass is 426 g/mol. The quantitative estimate of drug-likeness (QED) is 0.166. The maximum atomic E-state index is 2.49. The first-order valence-electron chi connectivity index (χ1n) is 11.4. The molecule has 3 heteroatoms. The molecular formula is C30H24N3+. The van der Waals surface area contributed by atoms with E-state index in [9.17, 15) is 0 Å². The Bertz CT molecular complexity index is 1840. The van der Waals surface area contributed by atoms with Gasteiger partial charge in [-0.2, -0.15) is 0 Å². The Morgan fingerprint density at radius 2 is 1.48 bits per heavy atom. The highest BCUT2D eigenvalue weighted by molar-refractivity contribution is 6.27. The zero-order valence-corrected chi connectivity index (χ0v) is 19.0. The molecule has 7 rings (SSSR count). The number of para-hydroxylation sites is 1. The molecule has 0 unspecified atom stereocenters. The highest BCUT2D eigenvalue weighted by Crippen LogP contribution is 2.44. The summed E-state index contributed by atoms with van der Waals surface area (Å²) in [6.07, 6.45) is 2.19. The molecule has 0 aliphatic carbocycles. The van der Waals surface area contributed by atoms with Crippen molar-refractivity contribution in [2.45, 2.75) is 6.92 Å². The molecule has 7 aromatic rings. The predicted octanol–water partition coefficient (Wildman–Crippen LogP) is 6.89. The fourth-order valence-electron chi connectivity index (χ4n) is 5.74. The van der Waals surface area contributed by atoms with E-state index in [4.69, 9.17) is 0 Å². The lowest BCUT2D eigenvalue weighted by Crippen LogP contribution is -2.28. The molecule has 3 heterocycles. The van der Waals surface area contributed by atoms with Gasteiger partial charge in [-0.25, -0.2) is 4.57 Å². The van der Waals surface area contributed by atoms with E-state index in [-0.39, 0.29) is 0 Å². The van der Waals surface area contributed by atoms with Gasteiger partial charge in [-0.3, -0.25) is 0 Å². The van der Waals surface area contributed by atoms with Gasteiger partial charge >= 0.3 is 0 Å². The van der Waals surface area contributed by atoms with Gasteiger partial charge in [-0.05, 0) is 48.2 Å². The Labute approximate surface area is 192 Å². The Kier molecular flexibility index (Phi) is 3.61. The van der Waals surface area contributed by atoms with Gasteiger partial charge in [0.15, 0.2) is 6.20 Å². The van der Waals surface area contributed by atoms with E-state index in [1.807, 2.05) is 0 Å². The Balaban J connectivity index is 1.77. The first-order valence-corrected chi connectivity index (χ1v) is 11.4. The van der Waals surface area contributed by atoms with E-state index in [2.05, 4.69) is 126 Å². The summed E-state index contributed by atoms with van der Waals surface area (Å²) in [4.78, 5) is 2.30. The molecule has 0 atom stereocenters. The molecule has 4 aromatic carbocycles. The Morgan fingerprint density at radius 3 is 2.30 bits per heavy atom. The molecule has 0 fully saturated rings. The average Bonchev–Trinajstić information content (AvgIpc) is 3.19. The molecule has 0 N–H and O–H groups in total. The van der Waals surface area contributed by atoms with Crippen molar-refractivity contribution in [1.29, 1.82) is 0 Å². The third-order valence-corrected chi connectivity index (χ3v) is 7.27. The van der Waals surface area contributed by atoms with Crippen molar-refractivity contribution in [3.63, 3.8) is 0 Å². The molecule has 3 aromatic heterocycles. The van der Waals surface area contributed by atoms with E-state index in [1.54, 1.807) is 0 Å². The van der Waals surface area contributed by atoms with Crippen LogP contribution in [-0.4, -0.2) is 11.4 Å². The molecule has 0 saturated heterocycles. The van der Waals surface area contributed by atoms with Crippen LogP contribution in [0.25, 0.3) is 49.0 Å². The van der Waals surface area contributed by atoms with Crippen LogP contribution in [0.1, 0.15) is 5.56 Å². The van der Waals surface area contributed by atoms with E-state index in [1.165, 1.54) is 65.9 Å². The molecule has 158 valence electrons.